The third kappa shape index (κ3) is 4.59. The Morgan fingerprint density at radius 3 is 2.47 bits per heavy atom. The zero-order chi connectivity index (χ0) is 24.4. The number of carbonyl (C=O) groups excluding carboxylic acids is 1. The highest BCUT2D eigenvalue weighted by molar-refractivity contribution is 9.10. The Labute approximate surface area is 206 Å². The lowest BCUT2D eigenvalue weighted by atomic mass is 10.0. The Morgan fingerprint density at radius 2 is 1.82 bits per heavy atom. The number of nitrogens with one attached hydrogen (secondary N) is 1. The zero-order valence-electron chi connectivity index (χ0n) is 19.0. The predicted octanol–water partition coefficient (Wildman–Crippen LogP) is 6.10. The molecule has 0 saturated heterocycles. The van der Waals surface area contributed by atoms with Gasteiger partial charge < -0.3 is 19.9 Å². The first-order chi connectivity index (χ1) is 16.3. The van der Waals surface area contributed by atoms with Gasteiger partial charge in [0.15, 0.2) is 11.5 Å². The van der Waals surface area contributed by atoms with Crippen molar-refractivity contribution in [2.75, 3.05) is 16.8 Å². The molecule has 1 amide bonds. The molecule has 3 aromatic carbocycles. The molecule has 1 aliphatic heterocycles. The fourth-order valence-corrected chi connectivity index (χ4v) is 4.42. The average molecular weight is 525 g/mol. The van der Waals surface area contributed by atoms with E-state index in [-0.39, 0.29) is 17.6 Å². The molecular formula is C26H25BrN2O5. The Balaban J connectivity index is 1.85. The van der Waals surface area contributed by atoms with E-state index in [1.165, 1.54) is 12.1 Å². The summed E-state index contributed by atoms with van der Waals surface area (Å²) in [6.45, 7) is 6.24. The smallest absolute Gasteiger partial charge is 0.335 e. The van der Waals surface area contributed by atoms with Crippen molar-refractivity contribution < 1.29 is 24.2 Å². The zero-order valence-corrected chi connectivity index (χ0v) is 20.6. The Hall–Kier alpha value is -3.52. The fraction of sp³-hybridized carbons (Fsp3) is 0.231. The maximum Gasteiger partial charge on any atom is 0.335 e. The van der Waals surface area contributed by atoms with E-state index in [9.17, 15) is 14.7 Å². The van der Waals surface area contributed by atoms with E-state index < -0.39 is 12.1 Å². The number of carboxylic acids is 1. The number of benzene rings is 3. The lowest BCUT2D eigenvalue weighted by Gasteiger charge is -2.38. The number of carboxylic acid groups (broad SMARTS) is 1. The minimum Gasteiger partial charge on any atom is -0.490 e. The van der Waals surface area contributed by atoms with Gasteiger partial charge in [-0.2, -0.15) is 0 Å². The van der Waals surface area contributed by atoms with Gasteiger partial charge in [-0.25, -0.2) is 4.79 Å². The van der Waals surface area contributed by atoms with Crippen molar-refractivity contribution in [1.82, 2.24) is 0 Å². The summed E-state index contributed by atoms with van der Waals surface area (Å²) in [7, 11) is 0. The van der Waals surface area contributed by atoms with Crippen LogP contribution in [-0.2, 0) is 0 Å². The first kappa shape index (κ1) is 23.6. The van der Waals surface area contributed by atoms with Crippen LogP contribution in [0.15, 0.2) is 65.1 Å². The molecule has 4 rings (SSSR count). The van der Waals surface area contributed by atoms with Gasteiger partial charge in [-0.15, -0.1) is 0 Å². The van der Waals surface area contributed by atoms with Crippen LogP contribution in [0.5, 0.6) is 11.5 Å². The number of hydrogen-bond acceptors (Lipinski definition) is 5. The van der Waals surface area contributed by atoms with E-state index >= 15 is 0 Å². The number of carbonyl (C=O) groups is 2. The van der Waals surface area contributed by atoms with Crippen LogP contribution in [0.25, 0.3) is 0 Å². The van der Waals surface area contributed by atoms with Crippen molar-refractivity contribution >= 4 is 39.2 Å². The molecule has 0 aromatic heterocycles. The summed E-state index contributed by atoms with van der Waals surface area (Å²) in [6.07, 6.45) is -0.623. The summed E-state index contributed by atoms with van der Waals surface area (Å²) < 4.78 is 12.5. The molecule has 3 aromatic rings. The molecule has 34 heavy (non-hydrogen) atoms. The van der Waals surface area contributed by atoms with Gasteiger partial charge in [0.1, 0.15) is 6.17 Å². The third-order valence-corrected chi connectivity index (χ3v) is 6.03. The van der Waals surface area contributed by atoms with Crippen LogP contribution in [0, 0.1) is 0 Å². The van der Waals surface area contributed by atoms with E-state index in [2.05, 4.69) is 21.2 Å². The van der Waals surface area contributed by atoms with Crippen LogP contribution in [0.3, 0.4) is 0 Å². The summed E-state index contributed by atoms with van der Waals surface area (Å²) in [6, 6.07) is 17.3. The number of amides is 1. The first-order valence-electron chi connectivity index (χ1n) is 11.0. The van der Waals surface area contributed by atoms with Crippen LogP contribution in [-0.4, -0.2) is 29.7 Å². The highest BCUT2D eigenvalue weighted by Gasteiger charge is 2.35. The number of fused-ring (bicyclic) bond motifs is 1. The van der Waals surface area contributed by atoms with Crippen LogP contribution in [0.2, 0.25) is 0 Å². The largest absolute Gasteiger partial charge is 0.490 e. The average Bonchev–Trinajstić information content (AvgIpc) is 2.80. The number of anilines is 2. The maximum absolute atomic E-state index is 13.7. The normalized spacial score (nSPS) is 15.0. The fourth-order valence-electron chi connectivity index (χ4n) is 3.88. The number of nitrogens with zero attached hydrogens (tertiary/aromatic N) is 1. The molecule has 0 saturated carbocycles. The molecule has 0 fully saturated rings. The van der Waals surface area contributed by atoms with E-state index in [0.29, 0.717) is 35.0 Å². The summed E-state index contributed by atoms with van der Waals surface area (Å²) in [5.41, 5.74) is 2.72. The van der Waals surface area contributed by atoms with Gasteiger partial charge in [-0.3, -0.25) is 9.69 Å². The van der Waals surface area contributed by atoms with Gasteiger partial charge in [-0.05, 0) is 69.3 Å². The van der Waals surface area contributed by atoms with E-state index in [0.717, 1.165) is 10.0 Å². The molecule has 8 heteroatoms. The topological polar surface area (TPSA) is 88.1 Å². The Bertz CT molecular complexity index is 1230. The summed E-state index contributed by atoms with van der Waals surface area (Å²) >= 11 is 3.66. The molecule has 2 N–H and O–H groups in total. The SMILES string of the molecule is CCOc1cc(C2Nc3ccccc3C(=O)N2c2ccc(C(=O)O)cc2)c(Br)cc1OC(C)C. The molecule has 0 spiro atoms. The second-order valence-electron chi connectivity index (χ2n) is 8.04. The number of rotatable bonds is 7. The molecule has 7 nitrogen and oxygen atoms in total. The third-order valence-electron chi connectivity index (χ3n) is 5.34. The first-order valence-corrected chi connectivity index (χ1v) is 11.7. The standard InChI is InChI=1S/C26H25BrN2O5/c1-4-33-22-13-19(20(27)14-23(22)34-15(2)3)24-28-21-8-6-5-7-18(21)25(30)29(24)17-11-9-16(10-12-17)26(31)32/h5-15,24,28H,4H2,1-3H3,(H,31,32). The summed E-state index contributed by atoms with van der Waals surface area (Å²) in [4.78, 5) is 26.6. The van der Waals surface area contributed by atoms with Crippen molar-refractivity contribution in [1.29, 1.82) is 0 Å². The van der Waals surface area contributed by atoms with E-state index in [1.807, 2.05) is 51.1 Å². The van der Waals surface area contributed by atoms with Crippen molar-refractivity contribution in [3.05, 3.63) is 81.8 Å². The lowest BCUT2D eigenvalue weighted by molar-refractivity contribution is 0.0696. The molecule has 1 aliphatic rings. The number of para-hydroxylation sites is 1. The second-order valence-corrected chi connectivity index (χ2v) is 8.89. The Morgan fingerprint density at radius 1 is 1.12 bits per heavy atom. The minimum atomic E-state index is -1.03. The van der Waals surface area contributed by atoms with Crippen molar-refractivity contribution in [3.8, 4) is 11.5 Å². The number of aromatic carboxylic acids is 1. The van der Waals surface area contributed by atoms with Gasteiger partial charge >= 0.3 is 5.97 Å². The molecule has 1 atom stereocenters. The highest BCUT2D eigenvalue weighted by atomic mass is 79.9. The van der Waals surface area contributed by atoms with Crippen molar-refractivity contribution in [3.63, 3.8) is 0 Å². The minimum absolute atomic E-state index is 0.0394. The highest BCUT2D eigenvalue weighted by Crippen LogP contribution is 2.43. The molecule has 0 bridgehead atoms. The molecule has 0 aliphatic carbocycles. The van der Waals surface area contributed by atoms with Gasteiger partial charge in [0.2, 0.25) is 0 Å². The predicted molar refractivity (Wildman–Crippen MR) is 134 cm³/mol. The van der Waals surface area contributed by atoms with E-state index in [4.69, 9.17) is 9.47 Å². The van der Waals surface area contributed by atoms with E-state index in [1.54, 1.807) is 23.1 Å². The Kier molecular flexibility index (Phi) is 6.79. The molecule has 1 heterocycles. The van der Waals surface area contributed by atoms with Gasteiger partial charge in [0.05, 0.1) is 23.8 Å². The summed E-state index contributed by atoms with van der Waals surface area (Å²) in [5.74, 6) is -0.0489. The van der Waals surface area contributed by atoms with Gasteiger partial charge in [0.25, 0.3) is 5.91 Å². The summed E-state index contributed by atoms with van der Waals surface area (Å²) in [5, 5.41) is 12.7. The molecule has 1 unspecified atom stereocenters. The van der Waals surface area contributed by atoms with Crippen molar-refractivity contribution in [2.24, 2.45) is 0 Å². The number of hydrogen-bond donors (Lipinski definition) is 2. The molecule has 176 valence electrons. The van der Waals surface area contributed by atoms with Gasteiger partial charge in [-0.1, -0.05) is 28.1 Å². The van der Waals surface area contributed by atoms with Gasteiger partial charge in [0, 0.05) is 21.4 Å². The maximum atomic E-state index is 13.7. The van der Waals surface area contributed by atoms with Crippen molar-refractivity contribution in [2.45, 2.75) is 33.0 Å². The molecular weight excluding hydrogens is 500 g/mol. The van der Waals surface area contributed by atoms with Crippen LogP contribution in [0.1, 0.15) is 53.2 Å². The lowest BCUT2D eigenvalue weighted by Crippen LogP contribution is -2.43. The quantitative estimate of drug-likeness (QED) is 0.388. The van der Waals surface area contributed by atoms with Crippen LogP contribution < -0.4 is 19.7 Å². The second kappa shape index (κ2) is 9.77. The monoisotopic (exact) mass is 524 g/mol. The van der Waals surface area contributed by atoms with Crippen LogP contribution >= 0.6 is 15.9 Å². The van der Waals surface area contributed by atoms with Crippen LogP contribution in [0.4, 0.5) is 11.4 Å². The number of ether oxygens (including phenoxy) is 2. The number of halogens is 1. The molecule has 0 radical (unpaired) electrons.